The van der Waals surface area contributed by atoms with E-state index in [4.69, 9.17) is 5.11 Å². The molecule has 1 rings (SSSR count). The zero-order valence-electron chi connectivity index (χ0n) is 5.72. The van der Waals surface area contributed by atoms with E-state index in [0.29, 0.717) is 0 Å². The van der Waals surface area contributed by atoms with E-state index in [9.17, 15) is 13.6 Å². The van der Waals surface area contributed by atoms with Crippen molar-refractivity contribution >= 4 is 5.97 Å². The molecule has 3 nitrogen and oxygen atoms in total. The third-order valence-corrected chi connectivity index (χ3v) is 1.50. The molecule has 11 heavy (non-hydrogen) atoms. The lowest BCUT2D eigenvalue weighted by atomic mass is 9.91. The molecule has 0 heterocycles. The van der Waals surface area contributed by atoms with Gasteiger partial charge in [0.15, 0.2) is 0 Å². The van der Waals surface area contributed by atoms with Gasteiger partial charge in [-0.2, -0.15) is 0 Å². The molecule has 0 aromatic carbocycles. The van der Waals surface area contributed by atoms with Crippen LogP contribution in [0.5, 0.6) is 0 Å². The van der Waals surface area contributed by atoms with Crippen molar-refractivity contribution < 1.29 is 23.4 Å². The number of aliphatic carboxylic acids is 1. The van der Waals surface area contributed by atoms with Gasteiger partial charge in [-0.1, -0.05) is 0 Å². The summed E-state index contributed by atoms with van der Waals surface area (Å²) in [5.41, 5.74) is 0. The van der Waals surface area contributed by atoms with Crippen LogP contribution in [0, 0.1) is 0 Å². The Morgan fingerprint density at radius 2 is 2.18 bits per heavy atom. The minimum atomic E-state index is -2.64. The van der Waals surface area contributed by atoms with Gasteiger partial charge in [0.05, 0.1) is 6.10 Å². The average molecular weight is 166 g/mol. The highest BCUT2D eigenvalue weighted by Crippen LogP contribution is 2.39. The lowest BCUT2D eigenvalue weighted by Gasteiger charge is -2.34. The zero-order chi connectivity index (χ0) is 8.48. The van der Waals surface area contributed by atoms with Crippen molar-refractivity contribution in [1.29, 1.82) is 0 Å². The highest BCUT2D eigenvalue weighted by molar-refractivity contribution is 5.68. The van der Waals surface area contributed by atoms with Crippen molar-refractivity contribution in [2.24, 2.45) is 0 Å². The van der Waals surface area contributed by atoms with Crippen LogP contribution in [0.15, 0.2) is 0 Å². The highest BCUT2D eigenvalue weighted by atomic mass is 19.3. The number of hydrogen-bond acceptors (Lipinski definition) is 2. The smallest absolute Gasteiger partial charge is 0.329 e. The number of carboxylic acid groups (broad SMARTS) is 1. The predicted molar refractivity (Wildman–Crippen MR) is 31.6 cm³/mol. The van der Waals surface area contributed by atoms with Crippen molar-refractivity contribution in [1.82, 2.24) is 0 Å². The summed E-state index contributed by atoms with van der Waals surface area (Å²) in [6.07, 6.45) is -1.26. The van der Waals surface area contributed by atoms with E-state index in [1.165, 1.54) is 0 Å². The summed E-state index contributed by atoms with van der Waals surface area (Å²) in [4.78, 5) is 9.89. The first kappa shape index (κ1) is 8.39. The average Bonchev–Trinajstić information content (AvgIpc) is 1.78. The van der Waals surface area contributed by atoms with Crippen LogP contribution in [0.25, 0.3) is 0 Å². The SMILES string of the molecule is O=C(O)COC1CC(F)(F)C1. The maximum Gasteiger partial charge on any atom is 0.329 e. The summed E-state index contributed by atoms with van der Waals surface area (Å²) >= 11 is 0. The van der Waals surface area contributed by atoms with Crippen molar-refractivity contribution in [2.45, 2.75) is 24.9 Å². The predicted octanol–water partition coefficient (Wildman–Crippen LogP) is 0.885. The molecule has 1 fully saturated rings. The van der Waals surface area contributed by atoms with Gasteiger partial charge in [-0.05, 0) is 0 Å². The van der Waals surface area contributed by atoms with Gasteiger partial charge in [-0.15, -0.1) is 0 Å². The Hall–Kier alpha value is -0.710. The number of rotatable bonds is 3. The molecule has 64 valence electrons. The molecule has 0 unspecified atom stereocenters. The number of hydrogen-bond donors (Lipinski definition) is 1. The lowest BCUT2D eigenvalue weighted by molar-refractivity contribution is -0.176. The monoisotopic (exact) mass is 166 g/mol. The molecule has 0 amide bonds. The summed E-state index contributed by atoms with van der Waals surface area (Å²) in [6, 6.07) is 0. The van der Waals surface area contributed by atoms with Gasteiger partial charge in [0, 0.05) is 12.8 Å². The Balaban J connectivity index is 2.09. The van der Waals surface area contributed by atoms with Crippen LogP contribution in [-0.4, -0.2) is 29.7 Å². The largest absolute Gasteiger partial charge is 0.480 e. The molecule has 1 aliphatic rings. The molecule has 1 saturated carbocycles. The van der Waals surface area contributed by atoms with E-state index in [1.54, 1.807) is 0 Å². The third-order valence-electron chi connectivity index (χ3n) is 1.50. The molecule has 0 aliphatic heterocycles. The van der Waals surface area contributed by atoms with Gasteiger partial charge in [0.2, 0.25) is 0 Å². The molecule has 0 aromatic heterocycles. The van der Waals surface area contributed by atoms with Gasteiger partial charge >= 0.3 is 5.97 Å². The molecule has 0 bridgehead atoms. The van der Waals surface area contributed by atoms with E-state index in [2.05, 4.69) is 4.74 Å². The lowest BCUT2D eigenvalue weighted by Crippen LogP contribution is -2.42. The van der Waals surface area contributed by atoms with Crippen LogP contribution < -0.4 is 0 Å². The summed E-state index contributed by atoms with van der Waals surface area (Å²) in [7, 11) is 0. The number of alkyl halides is 2. The Kier molecular flexibility index (Phi) is 2.08. The van der Waals surface area contributed by atoms with E-state index in [1.807, 2.05) is 0 Å². The van der Waals surface area contributed by atoms with Gasteiger partial charge in [0.1, 0.15) is 6.61 Å². The normalized spacial score (nSPS) is 22.7. The van der Waals surface area contributed by atoms with E-state index in [-0.39, 0.29) is 12.8 Å². The van der Waals surface area contributed by atoms with Crippen LogP contribution in [0.3, 0.4) is 0 Å². The van der Waals surface area contributed by atoms with Crippen molar-refractivity contribution in [3.63, 3.8) is 0 Å². The van der Waals surface area contributed by atoms with E-state index in [0.717, 1.165) is 0 Å². The van der Waals surface area contributed by atoms with Crippen LogP contribution >= 0.6 is 0 Å². The van der Waals surface area contributed by atoms with Crippen molar-refractivity contribution in [2.75, 3.05) is 6.61 Å². The fourth-order valence-corrected chi connectivity index (χ4v) is 0.913. The molecule has 1 aliphatic carbocycles. The first-order valence-electron chi connectivity index (χ1n) is 3.21. The number of ether oxygens (including phenoxy) is 1. The molecule has 5 heteroatoms. The summed E-state index contributed by atoms with van der Waals surface area (Å²) < 4.78 is 28.8. The molecule has 0 atom stereocenters. The van der Waals surface area contributed by atoms with Gasteiger partial charge < -0.3 is 9.84 Å². The minimum absolute atomic E-state index is 0.347. The second kappa shape index (κ2) is 2.73. The number of carbonyl (C=O) groups is 1. The summed E-state index contributed by atoms with van der Waals surface area (Å²) in [5, 5.41) is 8.10. The fourth-order valence-electron chi connectivity index (χ4n) is 0.913. The molecule has 0 aromatic rings. The Morgan fingerprint density at radius 3 is 2.55 bits per heavy atom. The summed E-state index contributed by atoms with van der Waals surface area (Å²) in [6.45, 7) is -0.485. The van der Waals surface area contributed by atoms with Crippen LogP contribution in [0.4, 0.5) is 8.78 Å². The van der Waals surface area contributed by atoms with E-state index < -0.39 is 24.6 Å². The first-order chi connectivity index (χ1) is 4.99. The quantitative estimate of drug-likeness (QED) is 0.677. The first-order valence-corrected chi connectivity index (χ1v) is 3.21. The zero-order valence-corrected chi connectivity index (χ0v) is 5.72. The van der Waals surface area contributed by atoms with Gasteiger partial charge in [-0.3, -0.25) is 0 Å². The Labute approximate surface area is 62.0 Å². The van der Waals surface area contributed by atoms with Gasteiger partial charge in [-0.25, -0.2) is 13.6 Å². The van der Waals surface area contributed by atoms with Crippen LogP contribution in [0.1, 0.15) is 12.8 Å². The standard InChI is InChI=1S/C6H8F2O3/c7-6(8)1-4(2-6)11-3-5(9)10/h4H,1-3H2,(H,9,10). The topological polar surface area (TPSA) is 46.5 Å². The van der Waals surface area contributed by atoms with Crippen molar-refractivity contribution in [3.05, 3.63) is 0 Å². The third kappa shape index (κ3) is 2.42. The second-order valence-corrected chi connectivity index (χ2v) is 2.59. The Bertz CT molecular complexity index is 161. The molecular formula is C6H8F2O3. The van der Waals surface area contributed by atoms with Crippen LogP contribution in [0.2, 0.25) is 0 Å². The van der Waals surface area contributed by atoms with Crippen LogP contribution in [-0.2, 0) is 9.53 Å². The molecule has 0 radical (unpaired) electrons. The van der Waals surface area contributed by atoms with Crippen molar-refractivity contribution in [3.8, 4) is 0 Å². The highest BCUT2D eigenvalue weighted by Gasteiger charge is 2.46. The Morgan fingerprint density at radius 1 is 1.64 bits per heavy atom. The molecule has 0 saturated heterocycles. The molecular weight excluding hydrogens is 158 g/mol. The summed E-state index contributed by atoms with van der Waals surface area (Å²) in [5.74, 6) is -3.76. The molecule has 0 spiro atoms. The molecule has 1 N–H and O–H groups in total. The second-order valence-electron chi connectivity index (χ2n) is 2.59. The maximum absolute atomic E-state index is 12.1. The number of halogens is 2. The maximum atomic E-state index is 12.1. The number of carboxylic acids is 1. The fraction of sp³-hybridized carbons (Fsp3) is 0.833. The van der Waals surface area contributed by atoms with Gasteiger partial charge in [0.25, 0.3) is 5.92 Å². The minimum Gasteiger partial charge on any atom is -0.480 e. The van der Waals surface area contributed by atoms with E-state index >= 15 is 0 Å².